The van der Waals surface area contributed by atoms with Crippen molar-refractivity contribution < 1.29 is 28.3 Å². The number of nitrogens with one attached hydrogen (secondary N) is 3. The molecule has 2 aromatic heterocycles. The van der Waals surface area contributed by atoms with E-state index >= 15 is 0 Å². The summed E-state index contributed by atoms with van der Waals surface area (Å²) in [4.78, 5) is 53.1. The Kier molecular flexibility index (Phi) is 5.40. The Morgan fingerprint density at radius 3 is 2.88 bits per heavy atom. The van der Waals surface area contributed by atoms with Crippen LogP contribution < -0.4 is 20.7 Å². The highest BCUT2D eigenvalue weighted by molar-refractivity contribution is 6.00. The normalized spacial score (nSPS) is 17.1. The van der Waals surface area contributed by atoms with Crippen LogP contribution in [0.5, 0.6) is 5.75 Å². The quantitative estimate of drug-likeness (QED) is 0.508. The molecule has 1 aliphatic carbocycles. The van der Waals surface area contributed by atoms with Crippen molar-refractivity contribution in [1.29, 1.82) is 0 Å². The maximum atomic E-state index is 14.2. The lowest BCUT2D eigenvalue weighted by molar-refractivity contribution is -0.119. The van der Waals surface area contributed by atoms with Crippen LogP contribution in [0.3, 0.4) is 0 Å². The zero-order chi connectivity index (χ0) is 23.8. The van der Waals surface area contributed by atoms with E-state index in [0.717, 1.165) is 10.7 Å². The summed E-state index contributed by atoms with van der Waals surface area (Å²) < 4.78 is 20.5. The fraction of sp³-hybridized carbons (Fsp3) is 0.273. The molecule has 3 heterocycles. The lowest BCUT2D eigenvalue weighted by Gasteiger charge is -2.18. The van der Waals surface area contributed by atoms with Crippen LogP contribution in [0, 0.1) is 5.82 Å². The average molecular weight is 466 g/mol. The number of anilines is 1. The molecule has 3 aromatic rings. The number of carbonyl (C=O) groups excluding carboxylic acids is 4. The van der Waals surface area contributed by atoms with Crippen molar-refractivity contribution in [3.63, 3.8) is 0 Å². The number of ketones is 1. The molecule has 12 heteroatoms. The van der Waals surface area contributed by atoms with Gasteiger partial charge in [0, 0.05) is 19.0 Å². The van der Waals surface area contributed by atoms with Crippen molar-refractivity contribution in [2.45, 2.75) is 31.8 Å². The molecule has 0 radical (unpaired) electrons. The standard InChI is InChI=1S/C22H19FN6O5/c23-12-9-25-29-16(22(33)28-13-2-1-3-17(13)30)7-15(27-20(12)29)21(32)24-8-11-4-5-18-14(6-11)26-19(31)10-34-18/h4-7,9,13H,1-3,8,10H2,(H,24,32)(H,26,31)(H,28,33)/t13-/m0/s1. The molecule has 3 N–H and O–H groups in total. The van der Waals surface area contributed by atoms with Crippen molar-refractivity contribution in [2.75, 3.05) is 11.9 Å². The number of ether oxygens (including phenoxy) is 1. The number of fused-ring (bicyclic) bond motifs is 2. The van der Waals surface area contributed by atoms with Gasteiger partial charge < -0.3 is 20.7 Å². The SMILES string of the molecule is O=C1COc2ccc(CNC(=O)c3cc(C(=O)N[C@H]4CCCC4=O)n4ncc(F)c4n3)cc2N1. The number of hydrogen-bond donors (Lipinski definition) is 3. The zero-order valence-electron chi connectivity index (χ0n) is 17.8. The summed E-state index contributed by atoms with van der Waals surface area (Å²) in [6.45, 7) is 0.0158. The Hall–Kier alpha value is -4.35. The maximum absolute atomic E-state index is 14.2. The summed E-state index contributed by atoms with van der Waals surface area (Å²) in [7, 11) is 0. The molecule has 1 fully saturated rings. The van der Waals surface area contributed by atoms with Crippen molar-refractivity contribution >= 4 is 34.8 Å². The van der Waals surface area contributed by atoms with Gasteiger partial charge in [0.15, 0.2) is 23.9 Å². The number of halogens is 1. The molecule has 5 rings (SSSR count). The molecule has 11 nitrogen and oxygen atoms in total. The molecular weight excluding hydrogens is 447 g/mol. The minimum absolute atomic E-state index is 0.0623. The molecule has 3 amide bonds. The molecular formula is C22H19FN6O5. The number of carbonyl (C=O) groups is 4. The van der Waals surface area contributed by atoms with Crippen LogP contribution in [-0.2, 0) is 16.1 Å². The van der Waals surface area contributed by atoms with Gasteiger partial charge in [-0.1, -0.05) is 6.07 Å². The molecule has 174 valence electrons. The second-order valence-corrected chi connectivity index (χ2v) is 7.99. The molecule has 0 bridgehead atoms. The van der Waals surface area contributed by atoms with E-state index in [1.54, 1.807) is 18.2 Å². The second kappa shape index (κ2) is 8.54. The molecule has 34 heavy (non-hydrogen) atoms. The topological polar surface area (TPSA) is 144 Å². The van der Waals surface area contributed by atoms with E-state index in [9.17, 15) is 23.6 Å². The fourth-order valence-electron chi connectivity index (χ4n) is 3.93. The first-order valence-electron chi connectivity index (χ1n) is 10.6. The first-order valence-corrected chi connectivity index (χ1v) is 10.6. The Balaban J connectivity index is 1.36. The molecule has 0 saturated heterocycles. The van der Waals surface area contributed by atoms with Gasteiger partial charge in [0.05, 0.1) is 17.9 Å². The lowest BCUT2D eigenvalue weighted by atomic mass is 10.1. The van der Waals surface area contributed by atoms with Crippen LogP contribution in [0.25, 0.3) is 5.65 Å². The molecule has 1 aromatic carbocycles. The Morgan fingerprint density at radius 2 is 2.09 bits per heavy atom. The van der Waals surface area contributed by atoms with E-state index < -0.39 is 23.7 Å². The van der Waals surface area contributed by atoms with Gasteiger partial charge in [-0.2, -0.15) is 5.10 Å². The zero-order valence-corrected chi connectivity index (χ0v) is 17.8. The summed E-state index contributed by atoms with van der Waals surface area (Å²) in [6, 6.07) is 5.64. The smallest absolute Gasteiger partial charge is 0.270 e. The van der Waals surface area contributed by atoms with Crippen molar-refractivity contribution in [2.24, 2.45) is 0 Å². The van der Waals surface area contributed by atoms with Gasteiger partial charge >= 0.3 is 0 Å². The third kappa shape index (κ3) is 4.05. The van der Waals surface area contributed by atoms with Crippen LogP contribution in [0.4, 0.5) is 10.1 Å². The molecule has 1 saturated carbocycles. The molecule has 2 aliphatic rings. The molecule has 0 spiro atoms. The predicted molar refractivity (Wildman–Crippen MR) is 115 cm³/mol. The number of amides is 3. The van der Waals surface area contributed by atoms with E-state index in [1.165, 1.54) is 6.07 Å². The van der Waals surface area contributed by atoms with Gasteiger partial charge in [-0.15, -0.1) is 0 Å². The number of rotatable bonds is 5. The molecule has 1 atom stereocenters. The van der Waals surface area contributed by atoms with E-state index in [4.69, 9.17) is 4.74 Å². The monoisotopic (exact) mass is 466 g/mol. The van der Waals surface area contributed by atoms with Gasteiger partial charge in [-0.3, -0.25) is 19.2 Å². The van der Waals surface area contributed by atoms with E-state index in [2.05, 4.69) is 26.0 Å². The first-order chi connectivity index (χ1) is 16.4. The van der Waals surface area contributed by atoms with Gasteiger partial charge in [-0.25, -0.2) is 13.9 Å². The van der Waals surface area contributed by atoms with E-state index in [1.807, 2.05) is 0 Å². The van der Waals surface area contributed by atoms with Gasteiger partial charge in [0.2, 0.25) is 0 Å². The largest absolute Gasteiger partial charge is 0.482 e. The van der Waals surface area contributed by atoms with Crippen LogP contribution in [0.1, 0.15) is 45.8 Å². The number of hydrogen-bond acceptors (Lipinski definition) is 7. The summed E-state index contributed by atoms with van der Waals surface area (Å²) in [5.41, 5.74) is 0.567. The van der Waals surface area contributed by atoms with E-state index in [-0.39, 0.29) is 41.9 Å². The summed E-state index contributed by atoms with van der Waals surface area (Å²) >= 11 is 0. The third-order valence-electron chi connectivity index (χ3n) is 5.63. The van der Waals surface area contributed by atoms with E-state index in [0.29, 0.717) is 36.3 Å². The number of benzene rings is 1. The second-order valence-electron chi connectivity index (χ2n) is 7.99. The number of Topliss-reactive ketones (excluding diaryl/α,β-unsaturated/α-hetero) is 1. The number of nitrogens with zero attached hydrogens (tertiary/aromatic N) is 3. The van der Waals surface area contributed by atoms with Crippen molar-refractivity contribution in [3.05, 3.63) is 53.2 Å². The molecule has 0 unspecified atom stereocenters. The van der Waals surface area contributed by atoms with Gasteiger partial charge in [0.1, 0.15) is 17.1 Å². The Labute approximate surface area is 191 Å². The summed E-state index contributed by atoms with van der Waals surface area (Å²) in [5.74, 6) is -1.93. The van der Waals surface area contributed by atoms with Crippen LogP contribution in [0.2, 0.25) is 0 Å². The first kappa shape index (κ1) is 21.5. The predicted octanol–water partition coefficient (Wildman–Crippen LogP) is 0.981. The van der Waals surface area contributed by atoms with Crippen LogP contribution in [0.15, 0.2) is 30.5 Å². The van der Waals surface area contributed by atoms with Crippen LogP contribution >= 0.6 is 0 Å². The minimum atomic E-state index is -0.800. The molecule has 1 aliphatic heterocycles. The van der Waals surface area contributed by atoms with Gasteiger partial charge in [0.25, 0.3) is 17.7 Å². The number of aromatic nitrogens is 3. The summed E-state index contributed by atoms with van der Waals surface area (Å²) in [6.07, 6.45) is 2.48. The Bertz CT molecular complexity index is 1350. The lowest BCUT2D eigenvalue weighted by Crippen LogP contribution is -2.38. The van der Waals surface area contributed by atoms with Crippen LogP contribution in [-0.4, -0.2) is 50.8 Å². The maximum Gasteiger partial charge on any atom is 0.270 e. The minimum Gasteiger partial charge on any atom is -0.482 e. The summed E-state index contributed by atoms with van der Waals surface area (Å²) in [5, 5.41) is 11.8. The fourth-order valence-corrected chi connectivity index (χ4v) is 3.93. The van der Waals surface area contributed by atoms with Crippen molar-refractivity contribution in [3.8, 4) is 5.75 Å². The third-order valence-corrected chi connectivity index (χ3v) is 5.63. The van der Waals surface area contributed by atoms with Crippen molar-refractivity contribution in [1.82, 2.24) is 25.2 Å². The highest BCUT2D eigenvalue weighted by Crippen LogP contribution is 2.28. The highest BCUT2D eigenvalue weighted by atomic mass is 19.1. The van der Waals surface area contributed by atoms with Gasteiger partial charge in [-0.05, 0) is 30.5 Å². The average Bonchev–Trinajstić information content (AvgIpc) is 3.41. The highest BCUT2D eigenvalue weighted by Gasteiger charge is 2.28. The Morgan fingerprint density at radius 1 is 1.24 bits per heavy atom.